The van der Waals surface area contributed by atoms with Gasteiger partial charge in [-0.25, -0.2) is 4.98 Å². The maximum atomic E-state index is 5.16. The highest BCUT2D eigenvalue weighted by Gasteiger charge is 2.20. The Morgan fingerprint density at radius 1 is 0.526 bits per heavy atom. The van der Waals surface area contributed by atoms with Gasteiger partial charge >= 0.3 is 0 Å². The molecule has 0 spiro atoms. The van der Waals surface area contributed by atoms with Crippen LogP contribution in [0.25, 0.3) is 32.8 Å². The van der Waals surface area contributed by atoms with Gasteiger partial charge in [0.25, 0.3) is 0 Å². The van der Waals surface area contributed by atoms with Gasteiger partial charge in [-0.15, -0.1) is 0 Å². The first-order valence-electron chi connectivity index (χ1n) is 13.3. The zero-order valence-electron chi connectivity index (χ0n) is 22.1. The van der Waals surface area contributed by atoms with Crippen LogP contribution in [0.5, 0.6) is 0 Å². The molecule has 0 aliphatic heterocycles. The monoisotopic (exact) mass is 489 g/mol. The zero-order chi connectivity index (χ0) is 26.1. The van der Waals surface area contributed by atoms with E-state index in [1.54, 1.807) is 0 Å². The molecule has 1 aliphatic rings. The Bertz CT molecular complexity index is 1790. The molecular weight excluding hydrogens is 458 g/mol. The summed E-state index contributed by atoms with van der Waals surface area (Å²) in [6, 6.07) is 36.8. The standard InChI is InChI=1S/C37H31N/c1-25-19-21-26(2)36(31-17-10-13-28-11-4-6-14-30(28)31)32-15-7-8-16-33(32)37(27(3)22-20-25)35-24-23-29-12-5-9-18-34(29)38-35/h4-25H,1-3H3/b21-19-,22-20-,36-26+,37-27-. The Labute approximate surface area is 225 Å². The Hall–Kier alpha value is -4.49. The van der Waals surface area contributed by atoms with Crippen molar-refractivity contribution in [1.29, 1.82) is 0 Å². The van der Waals surface area contributed by atoms with E-state index in [9.17, 15) is 0 Å². The summed E-state index contributed by atoms with van der Waals surface area (Å²) in [5.74, 6) is 0.306. The van der Waals surface area contributed by atoms with Gasteiger partial charge in [-0.2, -0.15) is 0 Å². The molecule has 1 atom stereocenters. The Kier molecular flexibility index (Phi) is 6.35. The van der Waals surface area contributed by atoms with E-state index in [2.05, 4.69) is 148 Å². The minimum absolute atomic E-state index is 0.306. The molecule has 6 rings (SSSR count). The van der Waals surface area contributed by atoms with E-state index in [1.165, 1.54) is 49.8 Å². The van der Waals surface area contributed by atoms with Crippen molar-refractivity contribution in [2.75, 3.05) is 0 Å². The molecule has 1 nitrogen and oxygen atoms in total. The summed E-state index contributed by atoms with van der Waals surface area (Å²) in [7, 11) is 0. The van der Waals surface area contributed by atoms with Gasteiger partial charge in [0.2, 0.25) is 0 Å². The molecule has 0 saturated carbocycles. The highest BCUT2D eigenvalue weighted by molar-refractivity contribution is 6.02. The van der Waals surface area contributed by atoms with Gasteiger partial charge in [-0.3, -0.25) is 0 Å². The molecule has 184 valence electrons. The summed E-state index contributed by atoms with van der Waals surface area (Å²) in [5, 5.41) is 3.67. The van der Waals surface area contributed by atoms with Crippen LogP contribution in [-0.4, -0.2) is 4.98 Å². The van der Waals surface area contributed by atoms with E-state index in [-0.39, 0.29) is 0 Å². The van der Waals surface area contributed by atoms with Crippen LogP contribution in [0.15, 0.2) is 139 Å². The van der Waals surface area contributed by atoms with Gasteiger partial charge in [0.05, 0.1) is 11.2 Å². The lowest BCUT2D eigenvalue weighted by Crippen LogP contribution is -2.02. The van der Waals surface area contributed by atoms with E-state index in [0.29, 0.717) is 5.92 Å². The van der Waals surface area contributed by atoms with Crippen LogP contribution in [0.1, 0.15) is 43.2 Å². The van der Waals surface area contributed by atoms with Gasteiger partial charge in [0, 0.05) is 11.0 Å². The minimum atomic E-state index is 0.306. The average molecular weight is 490 g/mol. The summed E-state index contributed by atoms with van der Waals surface area (Å²) >= 11 is 0. The number of nitrogens with zero attached hydrogens (tertiary/aromatic N) is 1. The summed E-state index contributed by atoms with van der Waals surface area (Å²) < 4.78 is 0. The number of benzene rings is 4. The predicted octanol–water partition coefficient (Wildman–Crippen LogP) is 9.79. The second kappa shape index (κ2) is 10.1. The van der Waals surface area contributed by atoms with Crippen molar-refractivity contribution in [2.45, 2.75) is 20.8 Å². The third kappa shape index (κ3) is 4.41. The Morgan fingerprint density at radius 2 is 1.11 bits per heavy atom. The van der Waals surface area contributed by atoms with Gasteiger partial charge in [-0.05, 0) is 76.1 Å². The van der Waals surface area contributed by atoms with Gasteiger partial charge in [0.1, 0.15) is 0 Å². The van der Waals surface area contributed by atoms with Gasteiger partial charge < -0.3 is 0 Å². The average Bonchev–Trinajstić information content (AvgIpc) is 2.97. The fourth-order valence-electron chi connectivity index (χ4n) is 5.51. The van der Waals surface area contributed by atoms with Crippen molar-refractivity contribution in [1.82, 2.24) is 4.98 Å². The predicted molar refractivity (Wildman–Crippen MR) is 163 cm³/mol. The molecule has 1 unspecified atom stereocenters. The van der Waals surface area contributed by atoms with E-state index in [0.717, 1.165) is 16.6 Å². The number of pyridine rings is 1. The van der Waals surface area contributed by atoms with Crippen LogP contribution in [0.3, 0.4) is 0 Å². The molecule has 1 aromatic heterocycles. The van der Waals surface area contributed by atoms with Crippen LogP contribution in [-0.2, 0) is 0 Å². The number of fused-ring (bicyclic) bond motifs is 3. The molecule has 1 heteroatoms. The van der Waals surface area contributed by atoms with Crippen molar-refractivity contribution in [3.8, 4) is 0 Å². The van der Waals surface area contributed by atoms with Crippen LogP contribution >= 0.6 is 0 Å². The molecule has 0 saturated heterocycles. The maximum Gasteiger partial charge on any atom is 0.0718 e. The number of hydrogen-bond acceptors (Lipinski definition) is 1. The molecule has 0 amide bonds. The lowest BCUT2D eigenvalue weighted by molar-refractivity contribution is 0.937. The van der Waals surface area contributed by atoms with Crippen molar-refractivity contribution in [3.05, 3.63) is 161 Å². The fourth-order valence-corrected chi connectivity index (χ4v) is 5.51. The highest BCUT2D eigenvalue weighted by Crippen LogP contribution is 2.39. The molecule has 0 radical (unpaired) electrons. The summed E-state index contributed by atoms with van der Waals surface area (Å²) in [5.41, 5.74) is 10.6. The first kappa shape index (κ1) is 23.9. The summed E-state index contributed by atoms with van der Waals surface area (Å²) in [6.07, 6.45) is 9.13. The maximum absolute atomic E-state index is 5.16. The van der Waals surface area contributed by atoms with E-state index in [1.807, 2.05) is 0 Å². The van der Waals surface area contributed by atoms with Crippen LogP contribution < -0.4 is 0 Å². The quantitative estimate of drug-likeness (QED) is 0.240. The van der Waals surface area contributed by atoms with Crippen molar-refractivity contribution >= 4 is 32.8 Å². The topological polar surface area (TPSA) is 12.9 Å². The largest absolute Gasteiger partial charge is 0.248 e. The molecule has 38 heavy (non-hydrogen) atoms. The highest BCUT2D eigenvalue weighted by atomic mass is 14.7. The molecule has 0 N–H and O–H groups in total. The number of rotatable bonds is 2. The van der Waals surface area contributed by atoms with Crippen LogP contribution in [0.2, 0.25) is 0 Å². The Balaban J connectivity index is 1.69. The van der Waals surface area contributed by atoms with Gasteiger partial charge in [0.15, 0.2) is 0 Å². The lowest BCUT2D eigenvalue weighted by Gasteiger charge is -2.20. The van der Waals surface area contributed by atoms with E-state index >= 15 is 0 Å². The number of allylic oxidation sites excluding steroid dienone is 6. The zero-order valence-corrected chi connectivity index (χ0v) is 22.1. The van der Waals surface area contributed by atoms with Crippen LogP contribution in [0, 0.1) is 5.92 Å². The smallest absolute Gasteiger partial charge is 0.0718 e. The van der Waals surface area contributed by atoms with E-state index in [4.69, 9.17) is 4.98 Å². The molecule has 1 heterocycles. The van der Waals surface area contributed by atoms with Crippen molar-refractivity contribution in [2.24, 2.45) is 5.92 Å². The third-order valence-electron chi connectivity index (χ3n) is 7.47. The number of hydrogen-bond donors (Lipinski definition) is 0. The minimum Gasteiger partial charge on any atom is -0.248 e. The second-order valence-electron chi connectivity index (χ2n) is 10.2. The normalized spacial score (nSPS) is 21.6. The second-order valence-corrected chi connectivity index (χ2v) is 10.2. The molecule has 0 bridgehead atoms. The van der Waals surface area contributed by atoms with Crippen LogP contribution in [0.4, 0.5) is 0 Å². The fraction of sp³-hybridized carbons (Fsp3) is 0.108. The molecule has 4 aromatic carbocycles. The molecular formula is C37H31N. The molecule has 1 aliphatic carbocycles. The molecule has 5 aromatic rings. The first-order valence-corrected chi connectivity index (χ1v) is 13.3. The Morgan fingerprint density at radius 3 is 1.89 bits per heavy atom. The number of para-hydroxylation sites is 1. The third-order valence-corrected chi connectivity index (χ3v) is 7.47. The lowest BCUT2D eigenvalue weighted by atomic mass is 9.84. The first-order chi connectivity index (χ1) is 18.6. The van der Waals surface area contributed by atoms with Gasteiger partial charge in [-0.1, -0.05) is 122 Å². The summed E-state index contributed by atoms with van der Waals surface area (Å²) in [4.78, 5) is 5.16. The molecule has 0 fully saturated rings. The number of aromatic nitrogens is 1. The van der Waals surface area contributed by atoms with Crippen molar-refractivity contribution < 1.29 is 0 Å². The summed E-state index contributed by atoms with van der Waals surface area (Å²) in [6.45, 7) is 6.69. The SMILES string of the molecule is CC1=C(/c2ccc3ccccc3n2)c2ccccc2/C(c2cccc3ccccc23)=C(C)/C=C\C(C)/C=C\1. The van der Waals surface area contributed by atoms with Crippen molar-refractivity contribution in [3.63, 3.8) is 0 Å². The van der Waals surface area contributed by atoms with E-state index < -0.39 is 0 Å².